The molecular weight excluding hydrogens is 334 g/mol. The summed E-state index contributed by atoms with van der Waals surface area (Å²) in [6, 6.07) is 14.0. The molecule has 3 rings (SSSR count). The van der Waals surface area contributed by atoms with Crippen LogP contribution in [0.4, 0.5) is 0 Å². The fourth-order valence-electron chi connectivity index (χ4n) is 2.54. The number of ether oxygens (including phenoxy) is 1. The van der Waals surface area contributed by atoms with Gasteiger partial charge in [0.25, 0.3) is 0 Å². The monoisotopic (exact) mass is 355 g/mol. The number of thiophene rings is 1. The predicted molar refractivity (Wildman–Crippen MR) is 100 cm³/mol. The average Bonchev–Trinajstić information content (AvgIpc) is 3.32. The lowest BCUT2D eigenvalue weighted by Gasteiger charge is -2.05. The lowest BCUT2D eigenvalue weighted by atomic mass is 10.1. The van der Waals surface area contributed by atoms with Crippen molar-refractivity contribution in [1.82, 2.24) is 5.32 Å². The summed E-state index contributed by atoms with van der Waals surface area (Å²) in [5.74, 6) is 0.918. The van der Waals surface area contributed by atoms with E-state index in [1.807, 2.05) is 30.3 Å². The van der Waals surface area contributed by atoms with Crippen LogP contribution in [0.25, 0.3) is 10.4 Å². The molecule has 0 saturated carbocycles. The maximum absolute atomic E-state index is 12.0. The van der Waals surface area contributed by atoms with Crippen LogP contribution in [0.5, 0.6) is 5.75 Å². The van der Waals surface area contributed by atoms with Gasteiger partial charge in [-0.15, -0.1) is 11.3 Å². The third-order valence-electron chi connectivity index (χ3n) is 3.96. The van der Waals surface area contributed by atoms with Crippen LogP contribution in [0.3, 0.4) is 0 Å². The van der Waals surface area contributed by atoms with Gasteiger partial charge in [-0.25, -0.2) is 0 Å². The first-order valence-corrected chi connectivity index (χ1v) is 9.07. The third-order valence-corrected chi connectivity index (χ3v) is 5.15. The molecule has 25 heavy (non-hydrogen) atoms. The SMILES string of the molecule is COc1ccc(CCC(=O)NCCc2ccc(-c3ccoc3)s2)cc1. The molecule has 0 unspecified atom stereocenters. The van der Waals surface area contributed by atoms with Crippen molar-refractivity contribution in [3.05, 3.63) is 65.4 Å². The van der Waals surface area contributed by atoms with E-state index in [0.717, 1.165) is 29.7 Å². The Morgan fingerprint density at radius 2 is 1.96 bits per heavy atom. The Labute approximate surface area is 151 Å². The van der Waals surface area contributed by atoms with Gasteiger partial charge in [0.05, 0.1) is 19.6 Å². The number of carbonyl (C=O) groups is 1. The number of benzene rings is 1. The van der Waals surface area contributed by atoms with Gasteiger partial charge in [0, 0.05) is 28.3 Å². The van der Waals surface area contributed by atoms with Gasteiger partial charge >= 0.3 is 0 Å². The number of carbonyl (C=O) groups excluding carboxylic acids is 1. The van der Waals surface area contributed by atoms with Gasteiger partial charge in [-0.2, -0.15) is 0 Å². The molecule has 0 atom stereocenters. The highest BCUT2D eigenvalue weighted by Crippen LogP contribution is 2.28. The summed E-state index contributed by atoms with van der Waals surface area (Å²) in [4.78, 5) is 14.4. The maximum atomic E-state index is 12.0. The van der Waals surface area contributed by atoms with Crippen molar-refractivity contribution in [3.8, 4) is 16.2 Å². The Kier molecular flexibility index (Phi) is 5.90. The molecule has 1 aromatic carbocycles. The molecule has 130 valence electrons. The molecule has 0 bridgehead atoms. The van der Waals surface area contributed by atoms with Crippen molar-refractivity contribution in [3.63, 3.8) is 0 Å². The van der Waals surface area contributed by atoms with Crippen molar-refractivity contribution >= 4 is 17.2 Å². The number of hydrogen-bond donors (Lipinski definition) is 1. The Hall–Kier alpha value is -2.53. The quantitative estimate of drug-likeness (QED) is 0.655. The van der Waals surface area contributed by atoms with E-state index in [4.69, 9.17) is 9.15 Å². The van der Waals surface area contributed by atoms with Gasteiger partial charge in [0.2, 0.25) is 5.91 Å². The van der Waals surface area contributed by atoms with E-state index in [-0.39, 0.29) is 5.91 Å². The molecule has 1 amide bonds. The second-order valence-corrected chi connectivity index (χ2v) is 6.89. The van der Waals surface area contributed by atoms with Gasteiger partial charge in [-0.1, -0.05) is 12.1 Å². The number of amides is 1. The molecule has 0 aliphatic rings. The summed E-state index contributed by atoms with van der Waals surface area (Å²) >= 11 is 1.73. The number of methoxy groups -OCH3 is 1. The van der Waals surface area contributed by atoms with Gasteiger partial charge in [0.15, 0.2) is 0 Å². The lowest BCUT2D eigenvalue weighted by Crippen LogP contribution is -2.25. The van der Waals surface area contributed by atoms with Crippen LogP contribution in [0, 0.1) is 0 Å². The Bertz CT molecular complexity index is 791. The van der Waals surface area contributed by atoms with E-state index < -0.39 is 0 Å². The molecule has 1 N–H and O–H groups in total. The summed E-state index contributed by atoms with van der Waals surface area (Å²) in [6.07, 6.45) is 5.50. The zero-order chi connectivity index (χ0) is 17.5. The maximum Gasteiger partial charge on any atom is 0.220 e. The van der Waals surface area contributed by atoms with E-state index in [9.17, 15) is 4.79 Å². The van der Waals surface area contributed by atoms with Crippen LogP contribution >= 0.6 is 11.3 Å². The molecule has 0 aliphatic carbocycles. The molecule has 5 heteroatoms. The first-order valence-electron chi connectivity index (χ1n) is 8.25. The van der Waals surface area contributed by atoms with Crippen molar-refractivity contribution in [1.29, 1.82) is 0 Å². The highest BCUT2D eigenvalue weighted by atomic mass is 32.1. The minimum atomic E-state index is 0.0856. The minimum Gasteiger partial charge on any atom is -0.497 e. The molecule has 0 fully saturated rings. The number of nitrogens with one attached hydrogen (secondary N) is 1. The van der Waals surface area contributed by atoms with Crippen LogP contribution in [0.15, 0.2) is 59.4 Å². The van der Waals surface area contributed by atoms with Crippen molar-refractivity contribution in [2.75, 3.05) is 13.7 Å². The standard InChI is InChI=1S/C20H21NO3S/c1-23-17-5-2-15(3-6-17)4-9-20(22)21-12-10-18-7-8-19(25-18)16-11-13-24-14-16/h2-3,5-8,11,13-14H,4,9-10,12H2,1H3,(H,21,22). The first kappa shape index (κ1) is 17.3. The largest absolute Gasteiger partial charge is 0.497 e. The average molecular weight is 355 g/mol. The van der Waals surface area contributed by atoms with E-state index in [0.29, 0.717) is 13.0 Å². The zero-order valence-corrected chi connectivity index (χ0v) is 15.0. The van der Waals surface area contributed by atoms with E-state index in [1.54, 1.807) is 31.0 Å². The Morgan fingerprint density at radius 3 is 2.68 bits per heavy atom. The van der Waals surface area contributed by atoms with E-state index in [2.05, 4.69) is 17.4 Å². The Balaban J connectivity index is 1.39. The Morgan fingerprint density at radius 1 is 1.12 bits per heavy atom. The molecule has 2 aromatic heterocycles. The number of aryl methyl sites for hydroxylation is 1. The van der Waals surface area contributed by atoms with Crippen LogP contribution < -0.4 is 10.1 Å². The normalized spacial score (nSPS) is 10.6. The molecule has 0 spiro atoms. The van der Waals surface area contributed by atoms with Crippen molar-refractivity contribution < 1.29 is 13.9 Å². The summed E-state index contributed by atoms with van der Waals surface area (Å²) in [6.45, 7) is 0.660. The number of rotatable bonds is 8. The van der Waals surface area contributed by atoms with Crippen LogP contribution in [-0.2, 0) is 17.6 Å². The smallest absolute Gasteiger partial charge is 0.220 e. The van der Waals surface area contributed by atoms with Crippen LogP contribution in [0.1, 0.15) is 16.9 Å². The zero-order valence-electron chi connectivity index (χ0n) is 14.2. The molecule has 4 nitrogen and oxygen atoms in total. The van der Waals surface area contributed by atoms with Crippen molar-refractivity contribution in [2.45, 2.75) is 19.3 Å². The molecule has 0 aliphatic heterocycles. The number of furan rings is 1. The summed E-state index contributed by atoms with van der Waals surface area (Å²) in [5, 5.41) is 2.99. The summed E-state index contributed by atoms with van der Waals surface area (Å²) in [7, 11) is 1.65. The fraction of sp³-hybridized carbons (Fsp3) is 0.250. The van der Waals surface area contributed by atoms with E-state index >= 15 is 0 Å². The molecular formula is C20H21NO3S. The second-order valence-electron chi connectivity index (χ2n) is 5.73. The fourth-order valence-corrected chi connectivity index (χ4v) is 3.53. The molecule has 0 saturated heterocycles. The van der Waals surface area contributed by atoms with Gasteiger partial charge < -0.3 is 14.5 Å². The lowest BCUT2D eigenvalue weighted by molar-refractivity contribution is -0.121. The summed E-state index contributed by atoms with van der Waals surface area (Å²) in [5.41, 5.74) is 2.23. The topological polar surface area (TPSA) is 51.5 Å². The molecule has 2 heterocycles. The molecule has 3 aromatic rings. The summed E-state index contributed by atoms with van der Waals surface area (Å²) < 4.78 is 10.2. The second kappa shape index (κ2) is 8.53. The highest BCUT2D eigenvalue weighted by molar-refractivity contribution is 7.15. The highest BCUT2D eigenvalue weighted by Gasteiger charge is 2.06. The number of hydrogen-bond acceptors (Lipinski definition) is 4. The molecule has 0 radical (unpaired) electrons. The van der Waals surface area contributed by atoms with Gasteiger partial charge in [-0.3, -0.25) is 4.79 Å². The van der Waals surface area contributed by atoms with Gasteiger partial charge in [0.1, 0.15) is 5.75 Å². The van der Waals surface area contributed by atoms with Crippen LogP contribution in [-0.4, -0.2) is 19.6 Å². The third kappa shape index (κ3) is 4.97. The van der Waals surface area contributed by atoms with E-state index in [1.165, 1.54) is 9.75 Å². The van der Waals surface area contributed by atoms with Crippen LogP contribution in [0.2, 0.25) is 0 Å². The minimum absolute atomic E-state index is 0.0856. The van der Waals surface area contributed by atoms with Crippen molar-refractivity contribution in [2.24, 2.45) is 0 Å². The predicted octanol–water partition coefficient (Wildman–Crippen LogP) is 4.31. The van der Waals surface area contributed by atoms with Gasteiger partial charge in [-0.05, 0) is 48.7 Å². The first-order chi connectivity index (χ1) is 12.2.